The molecule has 8 heteroatoms. The Morgan fingerprint density at radius 3 is 2.33 bits per heavy atom. The Balaban J connectivity index is 1.89. The van der Waals surface area contributed by atoms with E-state index in [4.69, 9.17) is 14.2 Å². The van der Waals surface area contributed by atoms with Crippen molar-refractivity contribution < 1.29 is 37.4 Å². The molecule has 0 bridgehead atoms. The Hall–Kier alpha value is -1.67. The molecule has 0 amide bonds. The number of ketones is 2. The lowest BCUT2D eigenvalue weighted by Gasteiger charge is -2.27. The summed E-state index contributed by atoms with van der Waals surface area (Å²) >= 11 is 0. The molecule has 0 aromatic heterocycles. The van der Waals surface area contributed by atoms with Gasteiger partial charge in [0.25, 0.3) is 0 Å². The van der Waals surface area contributed by atoms with Crippen molar-refractivity contribution in [3.63, 3.8) is 0 Å². The fourth-order valence-corrected chi connectivity index (χ4v) is 5.48. The van der Waals surface area contributed by atoms with E-state index >= 15 is 0 Å². The third kappa shape index (κ3) is 12.9. The van der Waals surface area contributed by atoms with Crippen LogP contribution in [0.3, 0.4) is 0 Å². The minimum absolute atomic E-state index is 0.00162. The van der Waals surface area contributed by atoms with Gasteiger partial charge in [-0.25, -0.2) is 0 Å². The maximum atomic E-state index is 14.5. The molecule has 0 spiro atoms. The molecule has 0 saturated carbocycles. The van der Waals surface area contributed by atoms with Crippen molar-refractivity contribution in [2.45, 2.75) is 167 Å². The van der Waals surface area contributed by atoms with Crippen LogP contribution in [-0.2, 0) is 28.6 Å². The number of hydrogen-bond donors (Lipinski definition) is 0. The van der Waals surface area contributed by atoms with E-state index in [-0.39, 0.29) is 37.1 Å². The van der Waals surface area contributed by atoms with Gasteiger partial charge in [-0.2, -0.15) is 8.78 Å². The molecular weight excluding hydrogens is 518 g/mol. The van der Waals surface area contributed by atoms with Crippen LogP contribution in [0.5, 0.6) is 0 Å². The molecule has 2 aliphatic rings. The van der Waals surface area contributed by atoms with Crippen LogP contribution >= 0.6 is 0 Å². The maximum absolute atomic E-state index is 14.5. The molecule has 0 aromatic carbocycles. The van der Waals surface area contributed by atoms with Gasteiger partial charge >= 0.3 is 11.9 Å². The van der Waals surface area contributed by atoms with Crippen molar-refractivity contribution in [3.8, 4) is 0 Å². The van der Waals surface area contributed by atoms with E-state index in [1.54, 1.807) is 0 Å². The second-order valence-electron chi connectivity index (χ2n) is 11.7. The van der Waals surface area contributed by atoms with Gasteiger partial charge < -0.3 is 14.2 Å². The van der Waals surface area contributed by atoms with Crippen LogP contribution in [-0.4, -0.2) is 48.6 Å². The molecule has 1 aliphatic carbocycles. The Labute approximate surface area is 240 Å². The summed E-state index contributed by atoms with van der Waals surface area (Å²) in [4.78, 5) is 37.1. The average molecular weight is 571 g/mol. The SMILES string of the molecule is CCCCCCC(F)(F)C(=O)CCC1=C(CCCCCCCCC(=O)OC(C)C)C(=O)C[C@H]1OC1CCCCO1. The van der Waals surface area contributed by atoms with E-state index in [1.165, 1.54) is 0 Å². The summed E-state index contributed by atoms with van der Waals surface area (Å²) in [6, 6.07) is 0. The largest absolute Gasteiger partial charge is 0.463 e. The molecule has 0 aromatic rings. The summed E-state index contributed by atoms with van der Waals surface area (Å²) in [6.45, 7) is 6.31. The topological polar surface area (TPSA) is 78.9 Å². The highest BCUT2D eigenvalue weighted by atomic mass is 19.3. The molecule has 2 rings (SSSR count). The van der Waals surface area contributed by atoms with Crippen LogP contribution in [0.15, 0.2) is 11.1 Å². The zero-order valence-corrected chi connectivity index (χ0v) is 25.1. The Morgan fingerprint density at radius 1 is 0.950 bits per heavy atom. The normalized spacial score (nSPS) is 20.0. The highest BCUT2D eigenvalue weighted by Crippen LogP contribution is 2.36. The third-order valence-corrected chi connectivity index (χ3v) is 7.74. The first-order valence-electron chi connectivity index (χ1n) is 15.8. The van der Waals surface area contributed by atoms with Crippen molar-refractivity contribution in [2.24, 2.45) is 0 Å². The zero-order valence-electron chi connectivity index (χ0n) is 25.1. The molecule has 1 aliphatic heterocycles. The second-order valence-corrected chi connectivity index (χ2v) is 11.7. The number of esters is 1. The number of ether oxygens (including phenoxy) is 3. The monoisotopic (exact) mass is 570 g/mol. The summed E-state index contributed by atoms with van der Waals surface area (Å²) in [6.07, 6.45) is 10.7. The van der Waals surface area contributed by atoms with Crippen molar-refractivity contribution >= 4 is 17.5 Å². The highest BCUT2D eigenvalue weighted by Gasteiger charge is 2.39. The van der Waals surface area contributed by atoms with Gasteiger partial charge in [-0.05, 0) is 76.4 Å². The summed E-state index contributed by atoms with van der Waals surface area (Å²) < 4.78 is 46.1. The summed E-state index contributed by atoms with van der Waals surface area (Å²) in [7, 11) is 0. The summed E-state index contributed by atoms with van der Waals surface area (Å²) in [5.41, 5.74) is 1.38. The molecular formula is C32H52F2O6. The molecule has 0 N–H and O–H groups in total. The van der Waals surface area contributed by atoms with Crippen LogP contribution in [0.2, 0.25) is 0 Å². The second kappa shape index (κ2) is 18.7. The fraction of sp³-hybridized carbons (Fsp3) is 0.844. The van der Waals surface area contributed by atoms with Crippen molar-refractivity contribution in [2.75, 3.05) is 6.61 Å². The standard InChI is InChI=1S/C32H52F2O6/c1-4-5-6-14-21-32(33,34)29(36)20-19-26-25(27(35)23-28(26)40-31-18-13-15-22-38-31)16-11-9-7-8-10-12-17-30(37)39-24(2)3/h24,28,31H,4-23H2,1-3H3/t28-,31?/m1/s1. The van der Waals surface area contributed by atoms with Crippen molar-refractivity contribution in [1.29, 1.82) is 0 Å². The quantitative estimate of drug-likeness (QED) is 0.102. The minimum atomic E-state index is -3.33. The zero-order chi connectivity index (χ0) is 29.4. The van der Waals surface area contributed by atoms with E-state index in [0.717, 1.165) is 76.2 Å². The minimum Gasteiger partial charge on any atom is -0.463 e. The van der Waals surface area contributed by atoms with E-state index in [9.17, 15) is 23.2 Å². The average Bonchev–Trinajstić information content (AvgIpc) is 3.20. The van der Waals surface area contributed by atoms with E-state index < -0.39 is 30.5 Å². The fourth-order valence-electron chi connectivity index (χ4n) is 5.48. The third-order valence-electron chi connectivity index (χ3n) is 7.74. The number of allylic oxidation sites excluding steroid dienone is 1. The number of rotatable bonds is 21. The predicted molar refractivity (Wildman–Crippen MR) is 151 cm³/mol. The molecule has 1 fully saturated rings. The van der Waals surface area contributed by atoms with Gasteiger partial charge in [0.05, 0.1) is 12.2 Å². The van der Waals surface area contributed by atoms with Gasteiger partial charge in [0.2, 0.25) is 5.78 Å². The van der Waals surface area contributed by atoms with Crippen LogP contribution in [0, 0.1) is 0 Å². The Bertz CT molecular complexity index is 816. The Morgan fingerprint density at radius 2 is 1.65 bits per heavy atom. The summed E-state index contributed by atoms with van der Waals surface area (Å²) in [5.74, 6) is -4.53. The molecule has 1 saturated heterocycles. The highest BCUT2D eigenvalue weighted by molar-refractivity contribution is 5.99. The predicted octanol–water partition coefficient (Wildman–Crippen LogP) is 8.20. The van der Waals surface area contributed by atoms with E-state index in [1.807, 2.05) is 20.8 Å². The lowest BCUT2D eigenvalue weighted by Crippen LogP contribution is -2.30. The number of halogens is 2. The maximum Gasteiger partial charge on any atom is 0.306 e. The van der Waals surface area contributed by atoms with E-state index in [2.05, 4.69) is 0 Å². The van der Waals surface area contributed by atoms with Crippen LogP contribution in [0.1, 0.15) is 143 Å². The lowest BCUT2D eigenvalue weighted by atomic mass is 9.95. The van der Waals surface area contributed by atoms with Gasteiger partial charge in [0, 0.05) is 32.3 Å². The van der Waals surface area contributed by atoms with Crippen LogP contribution in [0.4, 0.5) is 8.78 Å². The van der Waals surface area contributed by atoms with Crippen LogP contribution in [0.25, 0.3) is 0 Å². The first-order valence-corrected chi connectivity index (χ1v) is 15.8. The number of hydrogen-bond acceptors (Lipinski definition) is 6. The smallest absolute Gasteiger partial charge is 0.306 e. The number of Topliss-reactive ketones (excluding diaryl/α,β-unsaturated/α-hetero) is 2. The molecule has 6 nitrogen and oxygen atoms in total. The molecule has 1 unspecified atom stereocenters. The Kier molecular flexibility index (Phi) is 16.1. The van der Waals surface area contributed by atoms with Gasteiger partial charge in [0.15, 0.2) is 12.1 Å². The molecule has 230 valence electrons. The van der Waals surface area contributed by atoms with Crippen molar-refractivity contribution in [3.05, 3.63) is 11.1 Å². The number of carbonyl (C=O) groups is 3. The first-order chi connectivity index (χ1) is 19.1. The van der Waals surface area contributed by atoms with Crippen LogP contribution < -0.4 is 0 Å². The van der Waals surface area contributed by atoms with Gasteiger partial charge in [0.1, 0.15) is 0 Å². The molecule has 0 radical (unpaired) electrons. The van der Waals surface area contributed by atoms with Gasteiger partial charge in [-0.15, -0.1) is 0 Å². The molecule has 2 atom stereocenters. The number of alkyl halides is 2. The molecule has 40 heavy (non-hydrogen) atoms. The van der Waals surface area contributed by atoms with Crippen molar-refractivity contribution in [1.82, 2.24) is 0 Å². The van der Waals surface area contributed by atoms with E-state index in [0.29, 0.717) is 37.9 Å². The summed E-state index contributed by atoms with van der Waals surface area (Å²) in [5, 5.41) is 0. The lowest BCUT2D eigenvalue weighted by molar-refractivity contribution is -0.180. The van der Waals surface area contributed by atoms with Gasteiger partial charge in [-0.3, -0.25) is 14.4 Å². The number of unbranched alkanes of at least 4 members (excludes halogenated alkanes) is 8. The first kappa shape index (κ1) is 34.5. The molecule has 1 heterocycles. The number of carbonyl (C=O) groups excluding carboxylic acids is 3. The van der Waals surface area contributed by atoms with Gasteiger partial charge in [-0.1, -0.05) is 51.9 Å².